The lowest BCUT2D eigenvalue weighted by Crippen LogP contribution is -2.56. The summed E-state index contributed by atoms with van der Waals surface area (Å²) in [5.74, 6) is -0.680. The number of fused-ring (bicyclic) bond motifs is 2. The first-order valence-corrected chi connectivity index (χ1v) is 15.1. The molecule has 0 unspecified atom stereocenters. The minimum Gasteiger partial charge on any atom is -0.454 e. The molecule has 9 nitrogen and oxygen atoms in total. The molecule has 2 N–H and O–H groups in total. The van der Waals surface area contributed by atoms with Gasteiger partial charge in [-0.15, -0.1) is 0 Å². The maximum atomic E-state index is 14.3. The van der Waals surface area contributed by atoms with Gasteiger partial charge in [0.2, 0.25) is 24.5 Å². The fraction of sp³-hybridized carbons (Fsp3) is 0.485. The van der Waals surface area contributed by atoms with Crippen molar-refractivity contribution in [1.29, 1.82) is 0 Å². The van der Waals surface area contributed by atoms with Crippen LogP contribution >= 0.6 is 0 Å². The van der Waals surface area contributed by atoms with Crippen LogP contribution in [0, 0.1) is 11.8 Å². The van der Waals surface area contributed by atoms with Crippen molar-refractivity contribution in [2.75, 3.05) is 12.1 Å². The highest BCUT2D eigenvalue weighted by atomic mass is 16.7. The molecule has 2 aromatic rings. The van der Waals surface area contributed by atoms with E-state index >= 15 is 0 Å². The number of amides is 3. The Hall–Kier alpha value is -3.85. The van der Waals surface area contributed by atoms with E-state index in [2.05, 4.69) is 24.5 Å². The van der Waals surface area contributed by atoms with Crippen LogP contribution in [-0.2, 0) is 25.7 Å². The molecule has 5 aliphatic rings. The van der Waals surface area contributed by atoms with Gasteiger partial charge in [-0.25, -0.2) is 0 Å². The molecule has 0 radical (unpaired) electrons. The van der Waals surface area contributed by atoms with Gasteiger partial charge in [0.25, 0.3) is 0 Å². The third-order valence-electron chi connectivity index (χ3n) is 9.51. The summed E-state index contributed by atoms with van der Waals surface area (Å²) in [7, 11) is 0. The number of carbonyl (C=O) groups is 3. The van der Waals surface area contributed by atoms with E-state index in [1.165, 1.54) is 12.0 Å². The predicted molar refractivity (Wildman–Crippen MR) is 155 cm³/mol. The number of ether oxygens (including phenoxy) is 3. The van der Waals surface area contributed by atoms with Gasteiger partial charge in [0, 0.05) is 18.3 Å². The Morgan fingerprint density at radius 2 is 1.76 bits per heavy atom. The Labute approximate surface area is 245 Å². The summed E-state index contributed by atoms with van der Waals surface area (Å²) in [6.45, 7) is 4.57. The van der Waals surface area contributed by atoms with Crippen molar-refractivity contribution in [1.82, 2.24) is 10.2 Å². The monoisotopic (exact) mass is 571 g/mol. The van der Waals surface area contributed by atoms with Crippen LogP contribution in [0.5, 0.6) is 11.5 Å². The van der Waals surface area contributed by atoms with Crippen molar-refractivity contribution in [2.45, 2.75) is 82.2 Å². The lowest BCUT2D eigenvalue weighted by atomic mass is 9.74. The smallest absolute Gasteiger partial charge is 0.246 e. The zero-order chi connectivity index (χ0) is 29.0. The van der Waals surface area contributed by atoms with Crippen molar-refractivity contribution in [3.63, 3.8) is 0 Å². The predicted octanol–water partition coefficient (Wildman–Crippen LogP) is 4.28. The maximum Gasteiger partial charge on any atom is 0.246 e. The van der Waals surface area contributed by atoms with E-state index in [4.69, 9.17) is 14.2 Å². The second-order valence-electron chi connectivity index (χ2n) is 12.5. The quantitative estimate of drug-likeness (QED) is 0.481. The summed E-state index contributed by atoms with van der Waals surface area (Å²) < 4.78 is 17.5. The van der Waals surface area contributed by atoms with Crippen LogP contribution in [0.3, 0.4) is 0 Å². The molecule has 9 heteroatoms. The molecule has 4 aliphatic heterocycles. The molecular weight excluding hydrogens is 534 g/mol. The molecule has 5 atom stereocenters. The minimum atomic E-state index is -1.21. The summed E-state index contributed by atoms with van der Waals surface area (Å²) in [5.41, 5.74) is 1.44. The van der Waals surface area contributed by atoms with Crippen LogP contribution in [0.15, 0.2) is 54.6 Å². The number of carbonyl (C=O) groups excluding carboxylic acids is 3. The van der Waals surface area contributed by atoms with E-state index in [1.54, 1.807) is 4.90 Å². The van der Waals surface area contributed by atoms with E-state index in [1.807, 2.05) is 54.6 Å². The van der Waals surface area contributed by atoms with E-state index in [0.29, 0.717) is 23.1 Å². The van der Waals surface area contributed by atoms with Crippen molar-refractivity contribution >= 4 is 23.4 Å². The zero-order valence-corrected chi connectivity index (χ0v) is 24.0. The molecule has 2 bridgehead atoms. The van der Waals surface area contributed by atoms with Gasteiger partial charge in [0.15, 0.2) is 11.5 Å². The lowest BCUT2D eigenvalue weighted by Gasteiger charge is -2.34. The third-order valence-corrected chi connectivity index (χ3v) is 9.51. The summed E-state index contributed by atoms with van der Waals surface area (Å²) in [6, 6.07) is 12.5. The standard InChI is InChI=1S/C33H37N3O6/c1-19(2)21-9-11-23(12-10-21)34-30(37)27-25-14-15-33(42-25)28(27)32(39)36(17-20-8-13-24-26(16-20)41-18-40-24)29(33)31(38)35-22-6-4-3-5-7-22/h8-16,19,22,25,27-29H,3-7,17-18H2,1-2H3,(H,34,37)(H,35,38)/t25-,27+,28-,29+,33-/m1/s1. The first-order valence-electron chi connectivity index (χ1n) is 15.1. The van der Waals surface area contributed by atoms with Gasteiger partial charge < -0.3 is 29.7 Å². The molecule has 1 aliphatic carbocycles. The summed E-state index contributed by atoms with van der Waals surface area (Å²) in [4.78, 5) is 43.7. The van der Waals surface area contributed by atoms with Crippen LogP contribution in [0.2, 0.25) is 0 Å². The average molecular weight is 572 g/mol. The molecule has 42 heavy (non-hydrogen) atoms. The summed E-state index contributed by atoms with van der Waals surface area (Å²) in [5, 5.41) is 6.25. The highest BCUT2D eigenvalue weighted by molar-refractivity contribution is 6.02. The van der Waals surface area contributed by atoms with Crippen LogP contribution in [0.4, 0.5) is 5.69 Å². The Balaban J connectivity index is 1.19. The summed E-state index contributed by atoms with van der Waals surface area (Å²) >= 11 is 0. The Morgan fingerprint density at radius 3 is 2.52 bits per heavy atom. The van der Waals surface area contributed by atoms with Crippen molar-refractivity contribution < 1.29 is 28.6 Å². The molecule has 0 aromatic heterocycles. The fourth-order valence-electron chi connectivity index (χ4n) is 7.38. The Kier molecular flexibility index (Phi) is 6.72. The molecule has 3 amide bonds. The van der Waals surface area contributed by atoms with Crippen LogP contribution in [-0.4, -0.2) is 53.2 Å². The Bertz CT molecular complexity index is 1430. The molecule has 2 aromatic carbocycles. The molecule has 7 rings (SSSR count). The minimum absolute atomic E-state index is 0.0692. The molecule has 3 fully saturated rings. The number of nitrogens with one attached hydrogen (secondary N) is 2. The van der Waals surface area contributed by atoms with E-state index in [-0.39, 0.29) is 37.1 Å². The van der Waals surface area contributed by atoms with Crippen LogP contribution < -0.4 is 20.1 Å². The molecule has 1 spiro atoms. The first-order chi connectivity index (χ1) is 20.3. The summed E-state index contributed by atoms with van der Waals surface area (Å²) in [6.07, 6.45) is 8.28. The molecule has 1 saturated carbocycles. The molecule has 2 saturated heterocycles. The van der Waals surface area contributed by atoms with Crippen molar-refractivity contribution in [3.05, 3.63) is 65.7 Å². The maximum absolute atomic E-state index is 14.3. The van der Waals surface area contributed by atoms with Crippen molar-refractivity contribution in [3.8, 4) is 11.5 Å². The van der Waals surface area contributed by atoms with Gasteiger partial charge in [-0.1, -0.05) is 63.5 Å². The van der Waals surface area contributed by atoms with E-state index < -0.39 is 29.6 Å². The highest BCUT2D eigenvalue weighted by Crippen LogP contribution is 2.55. The van der Waals surface area contributed by atoms with Gasteiger partial charge in [-0.2, -0.15) is 0 Å². The third kappa shape index (κ3) is 4.45. The second kappa shape index (κ2) is 10.5. The van der Waals surface area contributed by atoms with Gasteiger partial charge in [-0.05, 0) is 54.2 Å². The van der Waals surface area contributed by atoms with Gasteiger partial charge >= 0.3 is 0 Å². The van der Waals surface area contributed by atoms with Crippen LogP contribution in [0.1, 0.15) is 63.0 Å². The zero-order valence-electron chi connectivity index (χ0n) is 24.0. The number of likely N-dealkylation sites (tertiary alicyclic amines) is 1. The lowest BCUT2D eigenvalue weighted by molar-refractivity contribution is -0.142. The number of rotatable bonds is 7. The second-order valence-corrected chi connectivity index (χ2v) is 12.5. The topological polar surface area (TPSA) is 106 Å². The largest absolute Gasteiger partial charge is 0.454 e. The van der Waals surface area contributed by atoms with Crippen LogP contribution in [0.25, 0.3) is 0 Å². The van der Waals surface area contributed by atoms with Gasteiger partial charge in [0.1, 0.15) is 11.6 Å². The van der Waals surface area contributed by atoms with E-state index in [9.17, 15) is 14.4 Å². The van der Waals surface area contributed by atoms with Gasteiger partial charge in [0.05, 0.1) is 17.9 Å². The number of benzene rings is 2. The number of hydrogen-bond donors (Lipinski definition) is 2. The normalized spacial score (nSPS) is 29.3. The number of anilines is 1. The molecular formula is C33H37N3O6. The highest BCUT2D eigenvalue weighted by Gasteiger charge is 2.72. The Morgan fingerprint density at radius 1 is 1.00 bits per heavy atom. The average Bonchev–Trinajstić information content (AvgIpc) is 3.75. The van der Waals surface area contributed by atoms with Gasteiger partial charge in [-0.3, -0.25) is 14.4 Å². The molecule has 4 heterocycles. The molecule has 220 valence electrons. The van der Waals surface area contributed by atoms with E-state index in [0.717, 1.165) is 31.2 Å². The fourth-order valence-corrected chi connectivity index (χ4v) is 7.38. The first kappa shape index (κ1) is 27.0. The number of hydrogen-bond acceptors (Lipinski definition) is 6. The number of nitrogens with zero attached hydrogens (tertiary/aromatic N) is 1. The van der Waals surface area contributed by atoms with Crippen molar-refractivity contribution in [2.24, 2.45) is 11.8 Å². The SMILES string of the molecule is CC(C)c1ccc(NC(=O)[C@H]2[C@H]3C=C[C@]4(O3)[C@H](C(=O)NC3CCCCC3)N(Cc3ccc5c(c3)OCO5)C(=O)[C@@H]24)cc1.